The van der Waals surface area contributed by atoms with E-state index < -0.39 is 12.1 Å². The molecule has 1 saturated heterocycles. The van der Waals surface area contributed by atoms with E-state index in [4.69, 9.17) is 24.4 Å². The van der Waals surface area contributed by atoms with Crippen LogP contribution in [0.25, 0.3) is 22.3 Å². The Hall–Kier alpha value is -4.12. The SMILES string of the molecule is COc1ccc(CN2CCC(c3cc4c(ncn4C)c(-c4ccc(OC)cc4)n3)CC2)cc1.O=C(O)C(F)(F)F. The fourth-order valence-electron chi connectivity index (χ4n) is 4.68. The van der Waals surface area contributed by atoms with E-state index >= 15 is 0 Å². The number of hydrogen-bond donors (Lipinski definition) is 1. The third-order valence-corrected chi connectivity index (χ3v) is 6.91. The number of fused-ring (bicyclic) bond motifs is 1. The Bertz CT molecular complexity index is 1430. The van der Waals surface area contributed by atoms with Gasteiger partial charge in [0.15, 0.2) is 0 Å². The number of piperidine rings is 1. The van der Waals surface area contributed by atoms with Crippen molar-refractivity contribution in [2.75, 3.05) is 27.3 Å². The van der Waals surface area contributed by atoms with Crippen LogP contribution < -0.4 is 9.47 Å². The molecule has 1 N–H and O–H groups in total. The van der Waals surface area contributed by atoms with E-state index in [1.807, 2.05) is 37.6 Å². The summed E-state index contributed by atoms with van der Waals surface area (Å²) < 4.78 is 44.4. The molecule has 0 radical (unpaired) electrons. The van der Waals surface area contributed by atoms with Crippen LogP contribution in [0.15, 0.2) is 60.9 Å². The van der Waals surface area contributed by atoms with Gasteiger partial charge in [-0.25, -0.2) is 9.78 Å². The van der Waals surface area contributed by atoms with Crippen LogP contribution in [0.4, 0.5) is 13.2 Å². The van der Waals surface area contributed by atoms with Gasteiger partial charge in [-0.15, -0.1) is 0 Å². The van der Waals surface area contributed by atoms with Crippen molar-refractivity contribution >= 4 is 17.0 Å². The minimum absolute atomic E-state index is 0.452. The molecule has 3 heterocycles. The Kier molecular flexibility index (Phi) is 8.93. The van der Waals surface area contributed by atoms with Crippen molar-refractivity contribution in [1.29, 1.82) is 0 Å². The van der Waals surface area contributed by atoms with E-state index in [0.29, 0.717) is 5.92 Å². The third-order valence-electron chi connectivity index (χ3n) is 6.91. The van der Waals surface area contributed by atoms with Gasteiger partial charge in [0.1, 0.15) is 17.0 Å². The first-order valence-corrected chi connectivity index (χ1v) is 12.7. The topological polar surface area (TPSA) is 89.7 Å². The number of carbonyl (C=O) groups is 1. The second-order valence-corrected chi connectivity index (χ2v) is 9.55. The zero-order valence-electron chi connectivity index (χ0n) is 22.5. The average molecular weight is 557 g/mol. The summed E-state index contributed by atoms with van der Waals surface area (Å²) in [6.07, 6.45) is -0.996. The first kappa shape index (κ1) is 28.9. The Morgan fingerprint density at radius 3 is 2.08 bits per heavy atom. The average Bonchev–Trinajstić information content (AvgIpc) is 3.33. The molecule has 4 aromatic rings. The summed E-state index contributed by atoms with van der Waals surface area (Å²) >= 11 is 0. The van der Waals surface area contributed by atoms with E-state index in [1.165, 1.54) is 11.3 Å². The van der Waals surface area contributed by atoms with Gasteiger partial charge in [0.2, 0.25) is 0 Å². The smallest absolute Gasteiger partial charge is 0.490 e. The molecule has 0 unspecified atom stereocenters. The fraction of sp³-hybridized carbons (Fsp3) is 0.345. The second-order valence-electron chi connectivity index (χ2n) is 9.55. The van der Waals surface area contributed by atoms with Crippen molar-refractivity contribution < 1.29 is 32.5 Å². The number of carboxylic acids is 1. The van der Waals surface area contributed by atoms with Crippen molar-refractivity contribution in [3.05, 3.63) is 72.2 Å². The molecule has 0 aliphatic carbocycles. The number of hydrogen-bond acceptors (Lipinski definition) is 6. The molecule has 0 amide bonds. The summed E-state index contributed by atoms with van der Waals surface area (Å²) in [5.41, 5.74) is 6.59. The number of imidazole rings is 1. The molecule has 8 nitrogen and oxygen atoms in total. The normalized spacial score (nSPS) is 14.4. The first-order valence-electron chi connectivity index (χ1n) is 12.7. The number of aromatic nitrogens is 3. The number of alkyl halides is 3. The number of halogens is 3. The number of rotatable bonds is 6. The number of aliphatic carboxylic acids is 1. The van der Waals surface area contributed by atoms with Gasteiger partial charge in [-0.2, -0.15) is 13.2 Å². The van der Waals surface area contributed by atoms with Crippen LogP contribution in [0.5, 0.6) is 11.5 Å². The molecule has 1 aliphatic heterocycles. The van der Waals surface area contributed by atoms with Crippen LogP contribution in [0.1, 0.15) is 30.0 Å². The molecule has 1 fully saturated rings. The highest BCUT2D eigenvalue weighted by Gasteiger charge is 2.38. The van der Waals surface area contributed by atoms with Crippen LogP contribution in [-0.4, -0.2) is 64.0 Å². The highest BCUT2D eigenvalue weighted by atomic mass is 19.4. The highest BCUT2D eigenvalue weighted by molar-refractivity contribution is 5.90. The summed E-state index contributed by atoms with van der Waals surface area (Å²) in [6.45, 7) is 3.11. The van der Waals surface area contributed by atoms with Crippen LogP contribution in [0, 0.1) is 0 Å². The van der Waals surface area contributed by atoms with Gasteiger partial charge in [0, 0.05) is 30.8 Å². The van der Waals surface area contributed by atoms with E-state index in [0.717, 1.165) is 66.3 Å². The van der Waals surface area contributed by atoms with Gasteiger partial charge in [-0.1, -0.05) is 12.1 Å². The number of likely N-dealkylation sites (tertiary alicyclic amines) is 1. The lowest BCUT2D eigenvalue weighted by Crippen LogP contribution is -2.32. The van der Waals surface area contributed by atoms with Crippen molar-refractivity contribution in [1.82, 2.24) is 19.4 Å². The lowest BCUT2D eigenvalue weighted by atomic mass is 9.92. The van der Waals surface area contributed by atoms with Crippen LogP contribution in [0.2, 0.25) is 0 Å². The number of nitrogens with zero attached hydrogens (tertiary/aromatic N) is 4. The molecule has 5 rings (SSSR count). The molecule has 0 saturated carbocycles. The van der Waals surface area contributed by atoms with Crippen LogP contribution in [0.3, 0.4) is 0 Å². The highest BCUT2D eigenvalue weighted by Crippen LogP contribution is 2.34. The minimum Gasteiger partial charge on any atom is -0.497 e. The van der Waals surface area contributed by atoms with Gasteiger partial charge in [-0.3, -0.25) is 9.88 Å². The monoisotopic (exact) mass is 556 g/mol. The lowest BCUT2D eigenvalue weighted by Gasteiger charge is -2.32. The van der Waals surface area contributed by atoms with E-state index in [-0.39, 0.29) is 0 Å². The van der Waals surface area contributed by atoms with Gasteiger partial charge in [-0.05, 0) is 74.0 Å². The lowest BCUT2D eigenvalue weighted by molar-refractivity contribution is -0.192. The van der Waals surface area contributed by atoms with E-state index in [2.05, 4.69) is 44.8 Å². The largest absolute Gasteiger partial charge is 0.497 e. The number of methoxy groups -OCH3 is 2. The van der Waals surface area contributed by atoms with Gasteiger partial charge < -0.3 is 19.1 Å². The van der Waals surface area contributed by atoms with Gasteiger partial charge >= 0.3 is 12.1 Å². The summed E-state index contributed by atoms with van der Waals surface area (Å²) in [6, 6.07) is 18.7. The summed E-state index contributed by atoms with van der Waals surface area (Å²) in [5.74, 6) is -0.556. The van der Waals surface area contributed by atoms with Crippen LogP contribution >= 0.6 is 0 Å². The van der Waals surface area contributed by atoms with Gasteiger partial charge in [0.05, 0.1) is 31.8 Å². The second kappa shape index (κ2) is 12.4. The van der Waals surface area contributed by atoms with E-state index in [1.54, 1.807) is 14.2 Å². The maximum Gasteiger partial charge on any atom is 0.490 e. The molecule has 0 spiro atoms. The van der Waals surface area contributed by atoms with Crippen molar-refractivity contribution in [3.8, 4) is 22.8 Å². The first-order chi connectivity index (χ1) is 19.1. The zero-order valence-corrected chi connectivity index (χ0v) is 22.5. The van der Waals surface area contributed by atoms with Crippen molar-refractivity contribution in [3.63, 3.8) is 0 Å². The Labute approximate surface area is 230 Å². The quantitative estimate of drug-likeness (QED) is 0.328. The number of carboxylic acid groups (broad SMARTS) is 1. The summed E-state index contributed by atoms with van der Waals surface area (Å²) in [7, 11) is 5.44. The predicted octanol–water partition coefficient (Wildman–Crippen LogP) is 5.67. The molecular formula is C29H31F3N4O4. The minimum atomic E-state index is -5.08. The molecule has 0 atom stereocenters. The molecule has 2 aromatic carbocycles. The fourth-order valence-corrected chi connectivity index (χ4v) is 4.68. The van der Waals surface area contributed by atoms with Crippen molar-refractivity contribution in [2.24, 2.45) is 7.05 Å². The molecule has 2 aromatic heterocycles. The summed E-state index contributed by atoms with van der Waals surface area (Å²) in [5, 5.41) is 7.12. The molecule has 212 valence electrons. The predicted molar refractivity (Wildman–Crippen MR) is 144 cm³/mol. The Morgan fingerprint density at radius 2 is 1.55 bits per heavy atom. The third kappa shape index (κ3) is 6.90. The summed E-state index contributed by atoms with van der Waals surface area (Å²) in [4.78, 5) is 21.2. The Balaban J connectivity index is 0.000000470. The molecule has 40 heavy (non-hydrogen) atoms. The maximum atomic E-state index is 10.6. The molecule has 11 heteroatoms. The number of pyridine rings is 1. The zero-order chi connectivity index (χ0) is 28.9. The maximum absolute atomic E-state index is 10.6. The van der Waals surface area contributed by atoms with Crippen LogP contribution in [-0.2, 0) is 18.4 Å². The van der Waals surface area contributed by atoms with Crippen molar-refractivity contribution in [2.45, 2.75) is 31.5 Å². The van der Waals surface area contributed by atoms with Gasteiger partial charge in [0.25, 0.3) is 0 Å². The standard InChI is InChI=1S/C27H30N4O2.C2HF3O2/c1-30-18-28-27-25(30)16-24(29-26(27)21-6-10-23(33-3)11-7-21)20-12-14-31(15-13-20)17-19-4-8-22(32-2)9-5-19;3-2(4,5)1(6)7/h4-11,16,18,20H,12-15,17H2,1-3H3;(H,6,7). The Morgan fingerprint density at radius 1 is 1.00 bits per heavy atom. The number of benzene rings is 2. The molecular weight excluding hydrogens is 525 g/mol. The van der Waals surface area contributed by atoms with E-state index in [9.17, 15) is 13.2 Å². The molecule has 0 bridgehead atoms. The molecule has 1 aliphatic rings. The number of ether oxygens (including phenoxy) is 2. The number of aryl methyl sites for hydroxylation is 1.